The van der Waals surface area contributed by atoms with E-state index in [0.29, 0.717) is 19.5 Å². The third-order valence-corrected chi connectivity index (χ3v) is 4.89. The summed E-state index contributed by atoms with van der Waals surface area (Å²) in [5, 5.41) is 6.74. The average Bonchev–Trinajstić information content (AvgIpc) is 2.72. The molecule has 5 nitrogen and oxygen atoms in total. The Morgan fingerprint density at radius 2 is 1.77 bits per heavy atom. The number of rotatable bonds is 7. The van der Waals surface area contributed by atoms with E-state index in [1.54, 1.807) is 7.11 Å². The van der Waals surface area contributed by atoms with Crippen molar-refractivity contribution in [2.24, 2.45) is 0 Å². The predicted octanol–water partition coefficient (Wildman–Crippen LogP) is 2.27. The van der Waals surface area contributed by atoms with E-state index in [1.165, 1.54) is 0 Å². The number of hydrogen-bond donors (Lipinski definition) is 2. The summed E-state index contributed by atoms with van der Waals surface area (Å²) >= 11 is 0. The van der Waals surface area contributed by atoms with Crippen LogP contribution in [0.4, 0.5) is 0 Å². The SMILES string of the molecule is COC1CNCCC1(NCc1ccccc1)C(=O)OCc1ccccc1. The Bertz CT molecular complexity index is 693. The summed E-state index contributed by atoms with van der Waals surface area (Å²) < 4.78 is 11.3. The molecular formula is C21H26N2O3. The van der Waals surface area contributed by atoms with Gasteiger partial charge in [-0.1, -0.05) is 60.7 Å². The van der Waals surface area contributed by atoms with Gasteiger partial charge < -0.3 is 14.8 Å². The Morgan fingerprint density at radius 3 is 2.42 bits per heavy atom. The third-order valence-electron chi connectivity index (χ3n) is 4.89. The molecule has 0 aliphatic carbocycles. The molecule has 1 aliphatic heterocycles. The summed E-state index contributed by atoms with van der Waals surface area (Å²) in [6.45, 7) is 2.19. The van der Waals surface area contributed by atoms with Crippen LogP contribution in [-0.2, 0) is 27.4 Å². The van der Waals surface area contributed by atoms with Gasteiger partial charge in [-0.3, -0.25) is 5.32 Å². The second-order valence-electron chi connectivity index (χ2n) is 6.55. The van der Waals surface area contributed by atoms with Crippen molar-refractivity contribution in [3.8, 4) is 0 Å². The minimum absolute atomic E-state index is 0.259. The fourth-order valence-corrected chi connectivity index (χ4v) is 3.35. The predicted molar refractivity (Wildman–Crippen MR) is 101 cm³/mol. The molecule has 2 atom stereocenters. The number of carbonyl (C=O) groups excluding carboxylic acids is 1. The van der Waals surface area contributed by atoms with Gasteiger partial charge in [-0.15, -0.1) is 0 Å². The summed E-state index contributed by atoms with van der Waals surface area (Å²) in [6.07, 6.45) is 0.328. The average molecular weight is 354 g/mol. The lowest BCUT2D eigenvalue weighted by Gasteiger charge is -2.42. The van der Waals surface area contributed by atoms with Gasteiger partial charge in [0.05, 0.1) is 6.10 Å². The van der Waals surface area contributed by atoms with Gasteiger partial charge >= 0.3 is 5.97 Å². The molecule has 1 saturated heterocycles. The van der Waals surface area contributed by atoms with Crippen molar-refractivity contribution >= 4 is 5.97 Å². The van der Waals surface area contributed by atoms with Gasteiger partial charge in [0.2, 0.25) is 0 Å². The standard InChI is InChI=1S/C21H26N2O3/c1-25-19-15-22-13-12-21(19,23-14-17-8-4-2-5-9-17)20(24)26-16-18-10-6-3-7-11-18/h2-11,19,22-23H,12-16H2,1H3. The van der Waals surface area contributed by atoms with Crippen LogP contribution in [-0.4, -0.2) is 37.8 Å². The Kier molecular flexibility index (Phi) is 6.39. The first-order valence-corrected chi connectivity index (χ1v) is 8.98. The highest BCUT2D eigenvalue weighted by molar-refractivity contribution is 5.82. The van der Waals surface area contributed by atoms with E-state index in [2.05, 4.69) is 10.6 Å². The molecule has 5 heteroatoms. The summed E-state index contributed by atoms with van der Waals surface area (Å²) in [6, 6.07) is 19.8. The van der Waals surface area contributed by atoms with Gasteiger partial charge in [-0.2, -0.15) is 0 Å². The Labute approximate surface area is 154 Å². The van der Waals surface area contributed by atoms with Crippen molar-refractivity contribution in [3.05, 3.63) is 71.8 Å². The van der Waals surface area contributed by atoms with Crippen molar-refractivity contribution in [3.63, 3.8) is 0 Å². The molecule has 0 spiro atoms. The highest BCUT2D eigenvalue weighted by Gasteiger charge is 2.48. The maximum absolute atomic E-state index is 13.1. The lowest BCUT2D eigenvalue weighted by atomic mass is 9.85. The number of esters is 1. The van der Waals surface area contributed by atoms with Crippen LogP contribution in [0.1, 0.15) is 17.5 Å². The van der Waals surface area contributed by atoms with Crippen LogP contribution in [0.3, 0.4) is 0 Å². The number of hydrogen-bond acceptors (Lipinski definition) is 5. The first-order chi connectivity index (χ1) is 12.7. The van der Waals surface area contributed by atoms with E-state index < -0.39 is 5.54 Å². The zero-order valence-corrected chi connectivity index (χ0v) is 15.1. The maximum atomic E-state index is 13.1. The molecule has 0 bridgehead atoms. The molecule has 0 radical (unpaired) electrons. The molecule has 2 aromatic carbocycles. The van der Waals surface area contributed by atoms with Gasteiger partial charge in [0.15, 0.2) is 0 Å². The Balaban J connectivity index is 1.74. The number of carbonyl (C=O) groups is 1. The van der Waals surface area contributed by atoms with E-state index in [0.717, 1.165) is 17.7 Å². The van der Waals surface area contributed by atoms with Crippen LogP contribution in [0.15, 0.2) is 60.7 Å². The summed E-state index contributed by atoms with van der Waals surface area (Å²) in [4.78, 5) is 13.1. The second kappa shape index (κ2) is 8.94. The monoisotopic (exact) mass is 354 g/mol. The number of piperidine rings is 1. The molecule has 1 fully saturated rings. The molecular weight excluding hydrogens is 328 g/mol. The molecule has 1 aliphatic rings. The van der Waals surface area contributed by atoms with Gasteiger partial charge in [-0.25, -0.2) is 4.79 Å². The molecule has 2 unspecified atom stereocenters. The van der Waals surface area contributed by atoms with Gasteiger partial charge in [0.1, 0.15) is 12.1 Å². The van der Waals surface area contributed by atoms with E-state index >= 15 is 0 Å². The Morgan fingerprint density at radius 1 is 1.12 bits per heavy atom. The zero-order valence-electron chi connectivity index (χ0n) is 15.1. The fourth-order valence-electron chi connectivity index (χ4n) is 3.35. The van der Waals surface area contributed by atoms with Crippen LogP contribution in [0, 0.1) is 0 Å². The van der Waals surface area contributed by atoms with Crippen LogP contribution >= 0.6 is 0 Å². The van der Waals surface area contributed by atoms with Gasteiger partial charge in [0, 0.05) is 20.2 Å². The molecule has 138 valence electrons. The van der Waals surface area contributed by atoms with Crippen molar-refractivity contribution in [1.82, 2.24) is 10.6 Å². The molecule has 26 heavy (non-hydrogen) atoms. The molecule has 2 aromatic rings. The van der Waals surface area contributed by atoms with E-state index in [4.69, 9.17) is 9.47 Å². The van der Waals surface area contributed by atoms with Crippen molar-refractivity contribution in [2.45, 2.75) is 31.2 Å². The topological polar surface area (TPSA) is 59.6 Å². The minimum atomic E-state index is -0.857. The lowest BCUT2D eigenvalue weighted by molar-refractivity contribution is -0.162. The number of benzene rings is 2. The van der Waals surface area contributed by atoms with Crippen molar-refractivity contribution in [1.29, 1.82) is 0 Å². The highest BCUT2D eigenvalue weighted by atomic mass is 16.5. The maximum Gasteiger partial charge on any atom is 0.329 e. The van der Waals surface area contributed by atoms with E-state index in [9.17, 15) is 4.79 Å². The molecule has 3 rings (SSSR count). The molecule has 0 amide bonds. The van der Waals surface area contributed by atoms with Gasteiger partial charge in [-0.05, 0) is 24.1 Å². The first kappa shape index (κ1) is 18.6. The van der Waals surface area contributed by atoms with Crippen LogP contribution in [0.2, 0.25) is 0 Å². The molecule has 1 heterocycles. The normalized spacial score (nSPS) is 22.7. The van der Waals surface area contributed by atoms with Gasteiger partial charge in [0.25, 0.3) is 0 Å². The van der Waals surface area contributed by atoms with Crippen LogP contribution in [0.5, 0.6) is 0 Å². The largest absolute Gasteiger partial charge is 0.459 e. The van der Waals surface area contributed by atoms with E-state index in [-0.39, 0.29) is 18.7 Å². The van der Waals surface area contributed by atoms with Crippen LogP contribution < -0.4 is 10.6 Å². The van der Waals surface area contributed by atoms with Crippen molar-refractivity contribution in [2.75, 3.05) is 20.2 Å². The summed E-state index contributed by atoms with van der Waals surface area (Å²) in [5.74, 6) is -0.259. The Hall–Kier alpha value is -2.21. The summed E-state index contributed by atoms with van der Waals surface area (Å²) in [5.41, 5.74) is 1.24. The van der Waals surface area contributed by atoms with Crippen molar-refractivity contribution < 1.29 is 14.3 Å². The second-order valence-corrected chi connectivity index (χ2v) is 6.55. The first-order valence-electron chi connectivity index (χ1n) is 8.98. The number of nitrogens with one attached hydrogen (secondary N) is 2. The fraction of sp³-hybridized carbons (Fsp3) is 0.381. The molecule has 0 aromatic heterocycles. The third kappa shape index (κ3) is 4.30. The molecule has 2 N–H and O–H groups in total. The highest BCUT2D eigenvalue weighted by Crippen LogP contribution is 2.24. The van der Waals surface area contributed by atoms with Crippen LogP contribution in [0.25, 0.3) is 0 Å². The quantitative estimate of drug-likeness (QED) is 0.747. The lowest BCUT2D eigenvalue weighted by Crippen LogP contribution is -2.67. The molecule has 0 saturated carbocycles. The smallest absolute Gasteiger partial charge is 0.329 e. The number of methoxy groups -OCH3 is 1. The summed E-state index contributed by atoms with van der Waals surface area (Å²) in [7, 11) is 1.64. The number of ether oxygens (including phenoxy) is 2. The minimum Gasteiger partial charge on any atom is -0.459 e. The van der Waals surface area contributed by atoms with E-state index in [1.807, 2.05) is 60.7 Å². The zero-order chi connectivity index (χ0) is 18.2.